The van der Waals surface area contributed by atoms with E-state index in [1.807, 2.05) is 25.1 Å². The minimum Gasteiger partial charge on any atom is -0.442 e. The van der Waals surface area contributed by atoms with Gasteiger partial charge in [0, 0.05) is 6.16 Å². The van der Waals surface area contributed by atoms with Crippen LogP contribution >= 0.6 is 19.0 Å². The van der Waals surface area contributed by atoms with Gasteiger partial charge in [0.2, 0.25) is 0 Å². The number of rotatable bonds is 4. The van der Waals surface area contributed by atoms with Gasteiger partial charge in [-0.25, -0.2) is 0 Å². The van der Waals surface area contributed by atoms with Crippen molar-refractivity contribution in [1.82, 2.24) is 0 Å². The third kappa shape index (κ3) is 3.06. The van der Waals surface area contributed by atoms with Crippen molar-refractivity contribution in [1.29, 1.82) is 0 Å². The molecule has 1 aromatic carbocycles. The van der Waals surface area contributed by atoms with Crippen LogP contribution in [0.25, 0.3) is 0 Å². The first-order valence-electron chi connectivity index (χ1n) is 4.09. The molecule has 1 rings (SSSR count). The monoisotopic (exact) mass is 218 g/mol. The predicted octanol–water partition coefficient (Wildman–Crippen LogP) is 3.56. The second-order valence-corrected chi connectivity index (χ2v) is 6.05. The summed E-state index contributed by atoms with van der Waals surface area (Å²) in [5.74, 6) is 0.619. The number of para-hydroxylation sites is 1. The highest BCUT2D eigenvalue weighted by Gasteiger charge is 2.19. The Balaban J connectivity index is 2.74. The minimum atomic E-state index is -2.64. The summed E-state index contributed by atoms with van der Waals surface area (Å²) < 4.78 is 17.1. The molecule has 0 radical (unpaired) electrons. The molecule has 1 unspecified atom stereocenters. The van der Waals surface area contributed by atoms with E-state index in [2.05, 4.69) is 0 Å². The molecule has 0 fully saturated rings. The van der Waals surface area contributed by atoms with Gasteiger partial charge in [-0.3, -0.25) is 4.57 Å². The van der Waals surface area contributed by atoms with Crippen LogP contribution in [-0.2, 0) is 4.57 Å². The van der Waals surface area contributed by atoms with E-state index < -0.39 is 7.37 Å². The zero-order chi connectivity index (χ0) is 9.73. The van der Waals surface area contributed by atoms with Gasteiger partial charge in [0.15, 0.2) is 0 Å². The van der Waals surface area contributed by atoms with E-state index in [9.17, 15) is 4.57 Å². The zero-order valence-electron chi connectivity index (χ0n) is 7.44. The predicted molar refractivity (Wildman–Crippen MR) is 55.9 cm³/mol. The molecule has 1 aromatic rings. The second kappa shape index (κ2) is 4.69. The number of hydrogen-bond donors (Lipinski definition) is 0. The lowest BCUT2D eigenvalue weighted by Crippen LogP contribution is -1.96. The fourth-order valence-electron chi connectivity index (χ4n) is 0.847. The van der Waals surface area contributed by atoms with Crippen LogP contribution in [0.4, 0.5) is 0 Å². The first kappa shape index (κ1) is 10.6. The number of benzene rings is 1. The van der Waals surface area contributed by atoms with Gasteiger partial charge in [0.25, 0.3) is 7.37 Å². The summed E-state index contributed by atoms with van der Waals surface area (Å²) in [5.41, 5.74) is 0.0679. The fourth-order valence-corrected chi connectivity index (χ4v) is 2.35. The third-order valence-corrected chi connectivity index (χ3v) is 4.64. The highest BCUT2D eigenvalue weighted by atomic mass is 35.5. The molecular formula is C9H12ClO2P. The van der Waals surface area contributed by atoms with E-state index in [0.717, 1.165) is 0 Å². The van der Waals surface area contributed by atoms with Crippen molar-refractivity contribution in [2.45, 2.75) is 6.92 Å². The summed E-state index contributed by atoms with van der Waals surface area (Å²) in [6.07, 6.45) is 0.464. The lowest BCUT2D eigenvalue weighted by atomic mass is 10.3. The van der Waals surface area contributed by atoms with Gasteiger partial charge in [-0.2, -0.15) is 0 Å². The minimum absolute atomic E-state index is 0.0679. The van der Waals surface area contributed by atoms with Crippen molar-refractivity contribution >= 4 is 19.0 Å². The molecule has 4 heteroatoms. The normalized spacial score (nSPS) is 14.9. The van der Waals surface area contributed by atoms with E-state index in [1.54, 1.807) is 12.1 Å². The van der Waals surface area contributed by atoms with Crippen molar-refractivity contribution in [3.8, 4) is 5.75 Å². The Hall–Kier alpha value is -0.460. The standard InChI is InChI=1S/C9H12ClO2P/c1-2-13(11,8-10)12-9-6-4-3-5-7-9/h3-7H,2,8H2,1H3. The highest BCUT2D eigenvalue weighted by molar-refractivity contribution is 7.60. The molecule has 0 amide bonds. The van der Waals surface area contributed by atoms with E-state index in [-0.39, 0.29) is 5.62 Å². The molecule has 72 valence electrons. The largest absolute Gasteiger partial charge is 0.442 e. The molecule has 0 spiro atoms. The van der Waals surface area contributed by atoms with Crippen LogP contribution in [0.1, 0.15) is 6.92 Å². The van der Waals surface area contributed by atoms with Gasteiger partial charge in [-0.1, -0.05) is 25.1 Å². The smallest absolute Gasteiger partial charge is 0.262 e. The molecule has 0 aromatic heterocycles. The maximum absolute atomic E-state index is 11.8. The van der Waals surface area contributed by atoms with Crippen LogP contribution in [-0.4, -0.2) is 11.8 Å². The van der Waals surface area contributed by atoms with E-state index in [1.165, 1.54) is 0 Å². The number of halogens is 1. The summed E-state index contributed by atoms with van der Waals surface area (Å²) in [4.78, 5) is 0. The Kier molecular flexibility index (Phi) is 3.83. The molecule has 0 bridgehead atoms. The number of hydrogen-bond acceptors (Lipinski definition) is 2. The summed E-state index contributed by atoms with van der Waals surface area (Å²) in [6, 6.07) is 9.10. The van der Waals surface area contributed by atoms with Gasteiger partial charge in [0.1, 0.15) is 11.4 Å². The van der Waals surface area contributed by atoms with Crippen LogP contribution in [0, 0.1) is 0 Å². The molecule has 13 heavy (non-hydrogen) atoms. The van der Waals surface area contributed by atoms with Crippen molar-refractivity contribution < 1.29 is 9.09 Å². The molecule has 0 aliphatic heterocycles. The van der Waals surface area contributed by atoms with Gasteiger partial charge >= 0.3 is 0 Å². The van der Waals surface area contributed by atoms with Crippen LogP contribution in [0.5, 0.6) is 5.75 Å². The van der Waals surface area contributed by atoms with Crippen LogP contribution < -0.4 is 4.52 Å². The first-order chi connectivity index (χ1) is 6.20. The Morgan fingerprint density at radius 1 is 1.38 bits per heavy atom. The van der Waals surface area contributed by atoms with Crippen molar-refractivity contribution in [2.24, 2.45) is 0 Å². The maximum Gasteiger partial charge on any atom is 0.262 e. The van der Waals surface area contributed by atoms with Gasteiger partial charge in [-0.05, 0) is 12.1 Å². The second-order valence-electron chi connectivity index (χ2n) is 2.65. The first-order valence-corrected chi connectivity index (χ1v) is 6.62. The Bertz CT molecular complexity index is 292. The van der Waals surface area contributed by atoms with E-state index in [0.29, 0.717) is 11.9 Å². The van der Waals surface area contributed by atoms with Crippen LogP contribution in [0.3, 0.4) is 0 Å². The maximum atomic E-state index is 11.8. The summed E-state index contributed by atoms with van der Waals surface area (Å²) in [5, 5.41) is 0. The van der Waals surface area contributed by atoms with Crippen molar-refractivity contribution in [2.75, 3.05) is 11.8 Å². The molecule has 0 saturated carbocycles. The molecule has 0 aliphatic carbocycles. The molecular weight excluding hydrogens is 207 g/mol. The zero-order valence-corrected chi connectivity index (χ0v) is 9.09. The average Bonchev–Trinajstić information content (AvgIpc) is 2.19. The molecule has 0 N–H and O–H groups in total. The summed E-state index contributed by atoms with van der Waals surface area (Å²) >= 11 is 5.57. The number of alkyl halides is 1. The average molecular weight is 219 g/mol. The lowest BCUT2D eigenvalue weighted by molar-refractivity contribution is 0.487. The van der Waals surface area contributed by atoms with Crippen molar-refractivity contribution in [3.63, 3.8) is 0 Å². The SMILES string of the molecule is CCP(=O)(CCl)Oc1ccccc1. The van der Waals surface area contributed by atoms with Gasteiger partial charge in [0.05, 0.1) is 0 Å². The molecule has 0 saturated heterocycles. The van der Waals surface area contributed by atoms with Crippen LogP contribution in [0.2, 0.25) is 0 Å². The highest BCUT2D eigenvalue weighted by Crippen LogP contribution is 2.47. The third-order valence-electron chi connectivity index (χ3n) is 1.68. The summed E-state index contributed by atoms with van der Waals surface area (Å²) in [7, 11) is -2.64. The molecule has 0 heterocycles. The van der Waals surface area contributed by atoms with Crippen molar-refractivity contribution in [3.05, 3.63) is 30.3 Å². The fraction of sp³-hybridized carbons (Fsp3) is 0.333. The Labute approximate surface area is 83.3 Å². The molecule has 1 atom stereocenters. The molecule has 0 aliphatic rings. The Morgan fingerprint density at radius 3 is 2.46 bits per heavy atom. The topological polar surface area (TPSA) is 26.3 Å². The summed E-state index contributed by atoms with van der Waals surface area (Å²) in [6.45, 7) is 1.81. The lowest BCUT2D eigenvalue weighted by Gasteiger charge is -2.14. The Morgan fingerprint density at radius 2 is 2.00 bits per heavy atom. The van der Waals surface area contributed by atoms with E-state index >= 15 is 0 Å². The van der Waals surface area contributed by atoms with Crippen LogP contribution in [0.15, 0.2) is 30.3 Å². The van der Waals surface area contributed by atoms with E-state index in [4.69, 9.17) is 16.1 Å². The molecule has 2 nitrogen and oxygen atoms in total. The van der Waals surface area contributed by atoms with Gasteiger partial charge < -0.3 is 4.52 Å². The van der Waals surface area contributed by atoms with Gasteiger partial charge in [-0.15, -0.1) is 11.6 Å². The quantitative estimate of drug-likeness (QED) is 0.571.